The van der Waals surface area contributed by atoms with Crippen molar-refractivity contribution in [3.8, 4) is 5.75 Å². The van der Waals surface area contributed by atoms with E-state index < -0.39 is 0 Å². The molecule has 0 fully saturated rings. The fourth-order valence-corrected chi connectivity index (χ4v) is 1.61. The summed E-state index contributed by atoms with van der Waals surface area (Å²) < 4.78 is 5.10. The lowest BCUT2D eigenvalue weighted by molar-refractivity contribution is -0.115. The van der Waals surface area contributed by atoms with E-state index in [4.69, 9.17) is 4.74 Å². The minimum absolute atomic E-state index is 0.0253. The Hall–Kier alpha value is -2.56. The van der Waals surface area contributed by atoms with E-state index in [-0.39, 0.29) is 5.91 Å². The molecule has 0 aliphatic rings. The number of ether oxygens (including phenoxy) is 1. The Bertz CT molecular complexity index is 565. The molecule has 1 amide bonds. The molecule has 1 aromatic heterocycles. The first-order valence-corrected chi connectivity index (χ1v) is 6.38. The van der Waals surface area contributed by atoms with Crippen LogP contribution in [0, 0.1) is 0 Å². The van der Waals surface area contributed by atoms with E-state index in [9.17, 15) is 4.79 Å². The van der Waals surface area contributed by atoms with Crippen LogP contribution in [0.2, 0.25) is 0 Å². The largest absolute Gasteiger partial charge is 0.497 e. The van der Waals surface area contributed by atoms with Crippen LogP contribution in [-0.2, 0) is 4.79 Å². The molecule has 0 saturated heterocycles. The fourth-order valence-electron chi connectivity index (χ4n) is 1.61. The van der Waals surface area contributed by atoms with Gasteiger partial charge in [0.25, 0.3) is 0 Å². The molecule has 0 aliphatic heterocycles. The number of hydrogen-bond acceptors (Lipinski definition) is 4. The topological polar surface area (TPSA) is 63.2 Å². The molecular weight excluding hydrogens is 254 g/mol. The van der Waals surface area contributed by atoms with Crippen LogP contribution < -0.4 is 15.4 Å². The van der Waals surface area contributed by atoms with Gasteiger partial charge in [-0.1, -0.05) is 6.92 Å². The Morgan fingerprint density at radius 2 is 1.85 bits per heavy atom. The molecule has 5 heteroatoms. The lowest BCUT2D eigenvalue weighted by atomic mass is 10.3. The maximum atomic E-state index is 11.3. The first kappa shape index (κ1) is 13.9. The average molecular weight is 271 g/mol. The van der Waals surface area contributed by atoms with Crippen LogP contribution in [0.1, 0.15) is 13.3 Å². The molecule has 5 nitrogen and oxygen atoms in total. The second kappa shape index (κ2) is 6.56. The predicted molar refractivity (Wildman–Crippen MR) is 79.4 cm³/mol. The number of pyridine rings is 1. The molecule has 1 heterocycles. The summed E-state index contributed by atoms with van der Waals surface area (Å²) in [6.07, 6.45) is 2.07. The van der Waals surface area contributed by atoms with Crippen LogP contribution in [-0.4, -0.2) is 18.0 Å². The normalized spacial score (nSPS) is 9.90. The van der Waals surface area contributed by atoms with E-state index in [0.29, 0.717) is 17.9 Å². The Morgan fingerprint density at radius 1 is 1.15 bits per heavy atom. The highest BCUT2D eigenvalue weighted by Crippen LogP contribution is 2.19. The fraction of sp³-hybridized carbons (Fsp3) is 0.200. The SMILES string of the molecule is CCC(=O)Nc1ccc(Nc2ccc(OC)cc2)nc1. The molecule has 0 radical (unpaired) electrons. The second-order valence-electron chi connectivity index (χ2n) is 4.19. The number of rotatable bonds is 5. The highest BCUT2D eigenvalue weighted by Gasteiger charge is 2.00. The number of hydrogen-bond donors (Lipinski definition) is 2. The van der Waals surface area contributed by atoms with Crippen molar-refractivity contribution < 1.29 is 9.53 Å². The van der Waals surface area contributed by atoms with Crippen molar-refractivity contribution in [1.82, 2.24) is 4.98 Å². The number of amides is 1. The molecule has 0 atom stereocenters. The van der Waals surface area contributed by atoms with E-state index in [0.717, 1.165) is 11.4 Å². The van der Waals surface area contributed by atoms with Gasteiger partial charge in [-0.2, -0.15) is 0 Å². The third-order valence-corrected chi connectivity index (χ3v) is 2.73. The monoisotopic (exact) mass is 271 g/mol. The third-order valence-electron chi connectivity index (χ3n) is 2.73. The van der Waals surface area contributed by atoms with Gasteiger partial charge in [-0.15, -0.1) is 0 Å². The van der Waals surface area contributed by atoms with Crippen molar-refractivity contribution >= 4 is 23.1 Å². The van der Waals surface area contributed by atoms with Gasteiger partial charge in [-0.05, 0) is 36.4 Å². The quantitative estimate of drug-likeness (QED) is 0.876. The molecule has 0 aliphatic carbocycles. The van der Waals surface area contributed by atoms with Crippen molar-refractivity contribution in [2.24, 2.45) is 0 Å². The van der Waals surface area contributed by atoms with Gasteiger partial charge in [0.05, 0.1) is 19.0 Å². The number of nitrogens with zero attached hydrogens (tertiary/aromatic N) is 1. The molecule has 0 saturated carbocycles. The van der Waals surface area contributed by atoms with Gasteiger partial charge in [0.2, 0.25) is 5.91 Å². The Kier molecular flexibility index (Phi) is 4.55. The van der Waals surface area contributed by atoms with Crippen LogP contribution in [0.25, 0.3) is 0 Å². The molecule has 2 N–H and O–H groups in total. The molecule has 104 valence electrons. The summed E-state index contributed by atoms with van der Waals surface area (Å²) in [5.41, 5.74) is 1.61. The van der Waals surface area contributed by atoms with Crippen LogP contribution >= 0.6 is 0 Å². The predicted octanol–water partition coefficient (Wildman–Crippen LogP) is 3.18. The zero-order chi connectivity index (χ0) is 14.4. The van der Waals surface area contributed by atoms with Crippen LogP contribution in [0.4, 0.5) is 17.2 Å². The summed E-state index contributed by atoms with van der Waals surface area (Å²) in [5.74, 6) is 1.49. The molecule has 20 heavy (non-hydrogen) atoms. The maximum absolute atomic E-state index is 11.3. The van der Waals surface area contributed by atoms with Crippen molar-refractivity contribution in [3.63, 3.8) is 0 Å². The maximum Gasteiger partial charge on any atom is 0.224 e. The number of aromatic nitrogens is 1. The summed E-state index contributed by atoms with van der Waals surface area (Å²) in [5, 5.41) is 5.92. The first-order chi connectivity index (χ1) is 9.71. The zero-order valence-corrected chi connectivity index (χ0v) is 11.5. The van der Waals surface area contributed by atoms with E-state index in [1.54, 1.807) is 13.3 Å². The number of methoxy groups -OCH3 is 1. The molecule has 0 unspecified atom stereocenters. The molecule has 0 spiro atoms. The Labute approximate surface area is 118 Å². The molecular formula is C15H17N3O2. The van der Waals surface area contributed by atoms with Gasteiger partial charge in [0.1, 0.15) is 11.6 Å². The third kappa shape index (κ3) is 3.71. The number of carbonyl (C=O) groups excluding carboxylic acids is 1. The first-order valence-electron chi connectivity index (χ1n) is 6.38. The summed E-state index contributed by atoms with van der Waals surface area (Å²) in [4.78, 5) is 15.5. The van der Waals surface area contributed by atoms with E-state index in [2.05, 4.69) is 15.6 Å². The van der Waals surface area contributed by atoms with Crippen LogP contribution in [0.15, 0.2) is 42.6 Å². The van der Waals surface area contributed by atoms with Crippen molar-refractivity contribution in [2.45, 2.75) is 13.3 Å². The number of anilines is 3. The van der Waals surface area contributed by atoms with Gasteiger partial charge in [0, 0.05) is 12.1 Å². The number of carbonyl (C=O) groups is 1. The van der Waals surface area contributed by atoms with Gasteiger partial charge in [0.15, 0.2) is 0 Å². The summed E-state index contributed by atoms with van der Waals surface area (Å²) in [6, 6.07) is 11.2. The Morgan fingerprint density at radius 3 is 2.40 bits per heavy atom. The van der Waals surface area contributed by atoms with E-state index in [1.807, 2.05) is 43.3 Å². The zero-order valence-electron chi connectivity index (χ0n) is 11.5. The molecule has 1 aromatic carbocycles. The van der Waals surface area contributed by atoms with Crippen molar-refractivity contribution in [3.05, 3.63) is 42.6 Å². The minimum atomic E-state index is -0.0253. The van der Waals surface area contributed by atoms with Crippen molar-refractivity contribution in [2.75, 3.05) is 17.7 Å². The second-order valence-corrected chi connectivity index (χ2v) is 4.19. The van der Waals surface area contributed by atoms with E-state index in [1.165, 1.54) is 0 Å². The van der Waals surface area contributed by atoms with Crippen molar-refractivity contribution in [1.29, 1.82) is 0 Å². The highest BCUT2D eigenvalue weighted by atomic mass is 16.5. The van der Waals surface area contributed by atoms with Gasteiger partial charge >= 0.3 is 0 Å². The molecule has 0 bridgehead atoms. The lowest BCUT2D eigenvalue weighted by Crippen LogP contribution is -2.09. The smallest absolute Gasteiger partial charge is 0.224 e. The van der Waals surface area contributed by atoms with Crippen LogP contribution in [0.5, 0.6) is 5.75 Å². The average Bonchev–Trinajstić information content (AvgIpc) is 2.50. The summed E-state index contributed by atoms with van der Waals surface area (Å²) >= 11 is 0. The van der Waals surface area contributed by atoms with Crippen LogP contribution in [0.3, 0.4) is 0 Å². The van der Waals surface area contributed by atoms with E-state index >= 15 is 0 Å². The standard InChI is InChI=1S/C15H17N3O2/c1-3-15(19)18-12-6-9-14(16-10-12)17-11-4-7-13(20-2)8-5-11/h4-10H,3H2,1-2H3,(H,16,17)(H,18,19). The Balaban J connectivity index is 2.00. The van der Waals surface area contributed by atoms with Gasteiger partial charge in [-0.3, -0.25) is 4.79 Å². The van der Waals surface area contributed by atoms with Gasteiger partial charge in [-0.25, -0.2) is 4.98 Å². The van der Waals surface area contributed by atoms with Gasteiger partial charge < -0.3 is 15.4 Å². The molecule has 2 rings (SSSR count). The number of nitrogens with one attached hydrogen (secondary N) is 2. The summed E-state index contributed by atoms with van der Waals surface area (Å²) in [7, 11) is 1.63. The summed E-state index contributed by atoms with van der Waals surface area (Å²) in [6.45, 7) is 1.81. The minimum Gasteiger partial charge on any atom is -0.497 e. The highest BCUT2D eigenvalue weighted by molar-refractivity contribution is 5.90. The number of benzene rings is 1. The molecule has 2 aromatic rings. The lowest BCUT2D eigenvalue weighted by Gasteiger charge is -2.08.